The molecule has 6 nitrogen and oxygen atoms in total. The molecule has 2 N–H and O–H groups in total. The second-order valence-corrected chi connectivity index (χ2v) is 2.52. The standard InChI is InChI=1S/C6H8N2O4/c9-5-1-8(6(10)7-5)12-3-4-2-11-4/h1,4,9H,2-3H2,(H,7,10). The first-order valence-electron chi connectivity index (χ1n) is 3.51. The summed E-state index contributed by atoms with van der Waals surface area (Å²) in [5.41, 5.74) is -0.492. The Hall–Kier alpha value is -1.43. The third-order valence-electron chi connectivity index (χ3n) is 1.48. The molecule has 0 amide bonds. The smallest absolute Gasteiger partial charge is 0.361 e. The average Bonchev–Trinajstić information content (AvgIpc) is 2.76. The van der Waals surface area contributed by atoms with Gasteiger partial charge in [0.2, 0.25) is 5.88 Å². The molecule has 1 fully saturated rings. The number of aromatic amines is 1. The summed E-state index contributed by atoms with van der Waals surface area (Å²) >= 11 is 0. The predicted molar refractivity (Wildman–Crippen MR) is 37.9 cm³/mol. The molecule has 0 bridgehead atoms. The summed E-state index contributed by atoms with van der Waals surface area (Å²) in [4.78, 5) is 18.0. The molecule has 12 heavy (non-hydrogen) atoms. The van der Waals surface area contributed by atoms with E-state index in [-0.39, 0.29) is 12.0 Å². The SMILES string of the molecule is O=c1[nH]c(O)cn1OCC1CO1. The van der Waals surface area contributed by atoms with Crippen molar-refractivity contribution in [3.8, 4) is 5.88 Å². The molecule has 1 aliphatic heterocycles. The summed E-state index contributed by atoms with van der Waals surface area (Å²) in [7, 11) is 0. The molecule has 0 aliphatic carbocycles. The molecule has 1 unspecified atom stereocenters. The molecule has 0 radical (unpaired) electrons. The van der Waals surface area contributed by atoms with E-state index in [1.165, 1.54) is 6.20 Å². The lowest BCUT2D eigenvalue weighted by molar-refractivity contribution is 0.0883. The highest BCUT2D eigenvalue weighted by atomic mass is 16.7. The molecule has 1 aromatic rings. The Bertz CT molecular complexity index is 325. The van der Waals surface area contributed by atoms with Crippen molar-refractivity contribution in [3.05, 3.63) is 16.7 Å². The lowest BCUT2D eigenvalue weighted by atomic mass is 10.5. The van der Waals surface area contributed by atoms with Crippen LogP contribution >= 0.6 is 0 Å². The number of rotatable bonds is 3. The van der Waals surface area contributed by atoms with Crippen LogP contribution in [0.3, 0.4) is 0 Å². The van der Waals surface area contributed by atoms with Crippen molar-refractivity contribution in [1.82, 2.24) is 9.71 Å². The van der Waals surface area contributed by atoms with Gasteiger partial charge in [0.25, 0.3) is 0 Å². The summed E-state index contributed by atoms with van der Waals surface area (Å²) in [6.07, 6.45) is 1.26. The van der Waals surface area contributed by atoms with Gasteiger partial charge in [-0.1, -0.05) is 0 Å². The van der Waals surface area contributed by atoms with Crippen LogP contribution in [-0.4, -0.2) is 34.1 Å². The number of ether oxygens (including phenoxy) is 1. The highest BCUT2D eigenvalue weighted by Gasteiger charge is 2.23. The maximum absolute atomic E-state index is 10.9. The molecule has 1 aliphatic rings. The molecule has 1 atom stereocenters. The quantitative estimate of drug-likeness (QED) is 0.556. The van der Waals surface area contributed by atoms with Crippen LogP contribution in [0.4, 0.5) is 0 Å². The van der Waals surface area contributed by atoms with Crippen molar-refractivity contribution in [2.75, 3.05) is 13.2 Å². The summed E-state index contributed by atoms with van der Waals surface area (Å²) in [5.74, 6) is -0.211. The van der Waals surface area contributed by atoms with E-state index in [9.17, 15) is 4.79 Å². The fourth-order valence-electron chi connectivity index (χ4n) is 0.790. The number of imidazole rings is 1. The maximum Gasteiger partial charge on any atom is 0.361 e. The fraction of sp³-hybridized carbons (Fsp3) is 0.500. The number of nitrogens with zero attached hydrogens (tertiary/aromatic N) is 1. The minimum atomic E-state index is -0.492. The Kier molecular flexibility index (Phi) is 1.54. The van der Waals surface area contributed by atoms with Gasteiger partial charge in [0.1, 0.15) is 18.9 Å². The molecule has 0 spiro atoms. The fourth-order valence-corrected chi connectivity index (χ4v) is 0.790. The van der Waals surface area contributed by atoms with Crippen LogP contribution in [0.15, 0.2) is 11.0 Å². The zero-order valence-corrected chi connectivity index (χ0v) is 6.19. The van der Waals surface area contributed by atoms with E-state index >= 15 is 0 Å². The van der Waals surface area contributed by atoms with Crippen LogP contribution < -0.4 is 10.5 Å². The summed E-state index contributed by atoms with van der Waals surface area (Å²) in [5, 5.41) is 8.83. The average molecular weight is 172 g/mol. The normalized spacial score (nSPS) is 20.8. The third-order valence-corrected chi connectivity index (χ3v) is 1.48. The maximum atomic E-state index is 10.9. The Morgan fingerprint density at radius 3 is 3.17 bits per heavy atom. The monoisotopic (exact) mass is 172 g/mol. The van der Waals surface area contributed by atoms with Gasteiger partial charge in [0.05, 0.1) is 6.61 Å². The van der Waals surface area contributed by atoms with Crippen molar-refractivity contribution in [2.45, 2.75) is 6.10 Å². The van der Waals surface area contributed by atoms with Crippen molar-refractivity contribution in [2.24, 2.45) is 0 Å². The van der Waals surface area contributed by atoms with Crippen LogP contribution in [-0.2, 0) is 4.74 Å². The van der Waals surface area contributed by atoms with Crippen molar-refractivity contribution >= 4 is 0 Å². The molecule has 0 saturated carbocycles. The molecule has 6 heteroatoms. The first-order valence-corrected chi connectivity index (χ1v) is 3.51. The van der Waals surface area contributed by atoms with Crippen LogP contribution in [0.25, 0.3) is 0 Å². The van der Waals surface area contributed by atoms with E-state index in [4.69, 9.17) is 14.7 Å². The molecular formula is C6H8N2O4. The lowest BCUT2D eigenvalue weighted by Crippen LogP contribution is -2.26. The number of H-pyrrole nitrogens is 1. The number of nitrogens with one attached hydrogen (secondary N) is 1. The van der Waals surface area contributed by atoms with Gasteiger partial charge < -0.3 is 14.7 Å². The molecule has 66 valence electrons. The molecule has 1 saturated heterocycles. The van der Waals surface area contributed by atoms with Crippen LogP contribution in [0, 0.1) is 0 Å². The first kappa shape index (κ1) is 7.23. The molecule has 1 aromatic heterocycles. The summed E-state index contributed by atoms with van der Waals surface area (Å²) < 4.78 is 5.81. The molecule has 0 aromatic carbocycles. The Labute approximate surface area is 67.3 Å². The van der Waals surface area contributed by atoms with Gasteiger partial charge in [-0.2, -0.15) is 0 Å². The van der Waals surface area contributed by atoms with E-state index < -0.39 is 5.69 Å². The topological polar surface area (TPSA) is 79.8 Å². The Morgan fingerprint density at radius 2 is 2.67 bits per heavy atom. The second kappa shape index (κ2) is 2.56. The van der Waals surface area contributed by atoms with Gasteiger partial charge in [-0.15, -0.1) is 4.73 Å². The van der Waals surface area contributed by atoms with Crippen LogP contribution in [0.5, 0.6) is 5.88 Å². The lowest BCUT2D eigenvalue weighted by Gasteiger charge is -1.99. The summed E-state index contributed by atoms with van der Waals surface area (Å²) in [6.45, 7) is 1.00. The minimum absolute atomic E-state index is 0.0916. The van der Waals surface area contributed by atoms with E-state index in [0.29, 0.717) is 13.2 Å². The largest absolute Gasteiger partial charge is 0.493 e. The van der Waals surface area contributed by atoms with E-state index in [2.05, 4.69) is 4.98 Å². The van der Waals surface area contributed by atoms with Crippen LogP contribution in [0.2, 0.25) is 0 Å². The highest BCUT2D eigenvalue weighted by Crippen LogP contribution is 2.07. The number of epoxide rings is 1. The van der Waals surface area contributed by atoms with Crippen LogP contribution in [0.1, 0.15) is 0 Å². The zero-order chi connectivity index (χ0) is 8.55. The van der Waals surface area contributed by atoms with Crippen molar-refractivity contribution in [1.29, 1.82) is 0 Å². The number of aromatic nitrogens is 2. The first-order chi connectivity index (χ1) is 5.75. The van der Waals surface area contributed by atoms with Gasteiger partial charge in [-0.05, 0) is 0 Å². The highest BCUT2D eigenvalue weighted by molar-refractivity contribution is 4.99. The van der Waals surface area contributed by atoms with Crippen molar-refractivity contribution < 1.29 is 14.7 Å². The number of hydrogen-bond donors (Lipinski definition) is 2. The number of aromatic hydroxyl groups is 1. The van der Waals surface area contributed by atoms with E-state index in [1.807, 2.05) is 0 Å². The zero-order valence-electron chi connectivity index (χ0n) is 6.19. The van der Waals surface area contributed by atoms with Gasteiger partial charge >= 0.3 is 5.69 Å². The van der Waals surface area contributed by atoms with E-state index in [0.717, 1.165) is 4.73 Å². The second-order valence-electron chi connectivity index (χ2n) is 2.52. The van der Waals surface area contributed by atoms with Gasteiger partial charge in [-0.3, -0.25) is 4.98 Å². The molecule has 2 heterocycles. The number of hydrogen-bond acceptors (Lipinski definition) is 4. The molecular weight excluding hydrogens is 164 g/mol. The van der Waals surface area contributed by atoms with Gasteiger partial charge in [0.15, 0.2) is 0 Å². The van der Waals surface area contributed by atoms with Gasteiger partial charge in [0, 0.05) is 0 Å². The Morgan fingerprint density at radius 1 is 1.92 bits per heavy atom. The molecule has 2 rings (SSSR count). The van der Waals surface area contributed by atoms with Crippen molar-refractivity contribution in [3.63, 3.8) is 0 Å². The minimum Gasteiger partial charge on any atom is -0.493 e. The van der Waals surface area contributed by atoms with E-state index in [1.54, 1.807) is 0 Å². The third kappa shape index (κ3) is 1.42. The predicted octanol–water partition coefficient (Wildman–Crippen LogP) is -1.29. The van der Waals surface area contributed by atoms with Gasteiger partial charge in [-0.25, -0.2) is 4.79 Å². The summed E-state index contributed by atoms with van der Waals surface area (Å²) in [6, 6.07) is 0. The Balaban J connectivity index is 2.00.